The second-order valence-corrected chi connectivity index (χ2v) is 6.44. The van der Waals surface area contributed by atoms with E-state index in [1.807, 2.05) is 0 Å². The summed E-state index contributed by atoms with van der Waals surface area (Å²) in [5, 5.41) is 3.85. The highest BCUT2D eigenvalue weighted by Gasteiger charge is 2.43. The third-order valence-corrected chi connectivity index (χ3v) is 4.91. The van der Waals surface area contributed by atoms with Crippen LogP contribution >= 0.6 is 0 Å². The summed E-state index contributed by atoms with van der Waals surface area (Å²) in [7, 11) is 0. The van der Waals surface area contributed by atoms with E-state index < -0.39 is 0 Å². The molecule has 2 heteroatoms. The second-order valence-electron chi connectivity index (χ2n) is 6.44. The molecule has 0 radical (unpaired) electrons. The molecule has 1 saturated carbocycles. The number of nitrogens with one attached hydrogen (secondary N) is 1. The first-order valence-electron chi connectivity index (χ1n) is 7.59. The van der Waals surface area contributed by atoms with E-state index in [2.05, 4.69) is 36.9 Å². The van der Waals surface area contributed by atoms with Crippen LogP contribution in [0.3, 0.4) is 0 Å². The van der Waals surface area contributed by atoms with Crippen molar-refractivity contribution in [3.05, 3.63) is 0 Å². The van der Waals surface area contributed by atoms with Gasteiger partial charge >= 0.3 is 0 Å². The minimum absolute atomic E-state index is 0.317. The van der Waals surface area contributed by atoms with Crippen LogP contribution in [0.5, 0.6) is 0 Å². The van der Waals surface area contributed by atoms with Gasteiger partial charge in [0.15, 0.2) is 0 Å². The Morgan fingerprint density at radius 1 is 1.39 bits per heavy atom. The minimum atomic E-state index is 0.317. The Morgan fingerprint density at radius 2 is 2.06 bits per heavy atom. The molecule has 1 N–H and O–H groups in total. The summed E-state index contributed by atoms with van der Waals surface area (Å²) in [5.74, 6) is 3.68. The average molecular weight is 248 g/mol. The van der Waals surface area contributed by atoms with E-state index in [1.54, 1.807) is 0 Å². The Balaban J connectivity index is 2.15. The fourth-order valence-corrected chi connectivity index (χ4v) is 3.76. The van der Waals surface area contributed by atoms with Crippen molar-refractivity contribution >= 4 is 0 Å². The number of hydrogen-bond acceptors (Lipinski definition) is 2. The number of hydrogen-bond donors (Lipinski definition) is 1. The van der Waals surface area contributed by atoms with Crippen molar-refractivity contribution in [2.24, 2.45) is 5.92 Å². The first-order valence-corrected chi connectivity index (χ1v) is 7.59. The van der Waals surface area contributed by atoms with Crippen LogP contribution in [0.2, 0.25) is 0 Å². The monoisotopic (exact) mass is 248 g/mol. The van der Waals surface area contributed by atoms with Crippen LogP contribution in [0.25, 0.3) is 0 Å². The molecule has 2 fully saturated rings. The molecule has 2 nitrogen and oxygen atoms in total. The molecule has 1 heterocycles. The van der Waals surface area contributed by atoms with Crippen molar-refractivity contribution in [3.8, 4) is 12.3 Å². The first-order chi connectivity index (χ1) is 8.62. The van der Waals surface area contributed by atoms with Crippen LogP contribution in [0, 0.1) is 18.3 Å². The van der Waals surface area contributed by atoms with Gasteiger partial charge in [-0.25, -0.2) is 0 Å². The van der Waals surface area contributed by atoms with Gasteiger partial charge in [0.2, 0.25) is 0 Å². The maximum atomic E-state index is 5.75. The largest absolute Gasteiger partial charge is 0.308 e. The summed E-state index contributed by atoms with van der Waals surface area (Å²) in [5.41, 5.74) is 0.371. The standard InChI is InChI=1S/C16H28N2/c1-5-14(6-2)18-12-16(9-7-8-10-16)17-11-15(18)13(3)4/h1,13-15,17H,6-12H2,2-4H3. The zero-order valence-corrected chi connectivity index (χ0v) is 12.2. The molecule has 2 aliphatic rings. The van der Waals surface area contributed by atoms with Gasteiger partial charge in [-0.1, -0.05) is 39.5 Å². The van der Waals surface area contributed by atoms with E-state index in [1.165, 1.54) is 25.7 Å². The number of terminal acetylenes is 1. The zero-order valence-electron chi connectivity index (χ0n) is 12.2. The summed E-state index contributed by atoms with van der Waals surface area (Å²) in [6.07, 6.45) is 12.2. The molecule has 0 aromatic heterocycles. The lowest BCUT2D eigenvalue weighted by Crippen LogP contribution is -2.66. The van der Waals surface area contributed by atoms with Gasteiger partial charge < -0.3 is 5.32 Å². The van der Waals surface area contributed by atoms with E-state index in [0.29, 0.717) is 23.5 Å². The molecule has 1 aliphatic heterocycles. The molecule has 0 aromatic rings. The molecular weight excluding hydrogens is 220 g/mol. The van der Waals surface area contributed by atoms with Crippen molar-refractivity contribution in [2.45, 2.75) is 70.5 Å². The normalized spacial score (nSPS) is 29.6. The van der Waals surface area contributed by atoms with Crippen LogP contribution in [0.15, 0.2) is 0 Å². The third kappa shape index (κ3) is 2.58. The molecule has 0 aromatic carbocycles. The number of rotatable bonds is 3. The van der Waals surface area contributed by atoms with Crippen LogP contribution in [0.4, 0.5) is 0 Å². The van der Waals surface area contributed by atoms with Crippen molar-refractivity contribution in [2.75, 3.05) is 13.1 Å². The summed E-state index contributed by atoms with van der Waals surface area (Å²) in [6, 6.07) is 0.911. The van der Waals surface area contributed by atoms with Crippen LogP contribution in [-0.2, 0) is 0 Å². The van der Waals surface area contributed by atoms with Gasteiger partial charge in [-0.3, -0.25) is 4.90 Å². The molecule has 0 amide bonds. The molecule has 18 heavy (non-hydrogen) atoms. The predicted octanol–water partition coefficient (Wildman–Crippen LogP) is 2.64. The van der Waals surface area contributed by atoms with Gasteiger partial charge in [0.1, 0.15) is 0 Å². The molecule has 2 rings (SSSR count). The average Bonchev–Trinajstić information content (AvgIpc) is 2.79. The Hall–Kier alpha value is -0.520. The van der Waals surface area contributed by atoms with Crippen molar-refractivity contribution in [3.63, 3.8) is 0 Å². The summed E-state index contributed by atoms with van der Waals surface area (Å²) in [4.78, 5) is 2.62. The van der Waals surface area contributed by atoms with Crippen LogP contribution < -0.4 is 5.32 Å². The van der Waals surface area contributed by atoms with Gasteiger partial charge in [-0.05, 0) is 25.2 Å². The minimum Gasteiger partial charge on any atom is -0.308 e. The van der Waals surface area contributed by atoms with Gasteiger partial charge in [0, 0.05) is 24.7 Å². The zero-order chi connectivity index (χ0) is 13.2. The molecule has 1 aliphatic carbocycles. The lowest BCUT2D eigenvalue weighted by atomic mass is 9.87. The molecular formula is C16H28N2. The summed E-state index contributed by atoms with van der Waals surface area (Å²) in [6.45, 7) is 9.10. The molecule has 1 saturated heterocycles. The Labute approximate surface area is 113 Å². The Bertz CT molecular complexity index is 310. The lowest BCUT2D eigenvalue weighted by Gasteiger charge is -2.49. The van der Waals surface area contributed by atoms with E-state index in [4.69, 9.17) is 6.42 Å². The summed E-state index contributed by atoms with van der Waals surface area (Å²) >= 11 is 0. The van der Waals surface area contributed by atoms with Crippen LogP contribution in [0.1, 0.15) is 52.9 Å². The van der Waals surface area contributed by atoms with Gasteiger partial charge in [0.25, 0.3) is 0 Å². The van der Waals surface area contributed by atoms with Crippen molar-refractivity contribution in [1.82, 2.24) is 10.2 Å². The second kappa shape index (κ2) is 5.63. The smallest absolute Gasteiger partial charge is 0.0712 e. The first kappa shape index (κ1) is 13.9. The topological polar surface area (TPSA) is 15.3 Å². The molecule has 2 atom stereocenters. The van der Waals surface area contributed by atoms with Crippen molar-refractivity contribution in [1.29, 1.82) is 0 Å². The fourth-order valence-electron chi connectivity index (χ4n) is 3.76. The maximum Gasteiger partial charge on any atom is 0.0712 e. The van der Waals surface area contributed by atoms with E-state index in [-0.39, 0.29) is 0 Å². The highest BCUT2D eigenvalue weighted by atomic mass is 15.3. The predicted molar refractivity (Wildman–Crippen MR) is 77.4 cm³/mol. The van der Waals surface area contributed by atoms with Crippen LogP contribution in [-0.4, -0.2) is 35.6 Å². The number of nitrogens with zero attached hydrogens (tertiary/aromatic N) is 1. The summed E-state index contributed by atoms with van der Waals surface area (Å²) < 4.78 is 0. The third-order valence-electron chi connectivity index (χ3n) is 4.91. The molecule has 1 spiro atoms. The van der Waals surface area contributed by atoms with Gasteiger partial charge in [0.05, 0.1) is 6.04 Å². The highest BCUT2D eigenvalue weighted by molar-refractivity contribution is 5.08. The van der Waals surface area contributed by atoms with Gasteiger partial charge in [-0.15, -0.1) is 6.42 Å². The van der Waals surface area contributed by atoms with Gasteiger partial charge in [-0.2, -0.15) is 0 Å². The molecule has 2 unspecified atom stereocenters. The number of piperazine rings is 1. The van der Waals surface area contributed by atoms with E-state index in [9.17, 15) is 0 Å². The van der Waals surface area contributed by atoms with E-state index in [0.717, 1.165) is 19.5 Å². The Morgan fingerprint density at radius 3 is 2.56 bits per heavy atom. The quantitative estimate of drug-likeness (QED) is 0.773. The SMILES string of the molecule is C#CC(CC)N1CC2(CCCC2)NCC1C(C)C. The maximum absolute atomic E-state index is 5.75. The molecule has 102 valence electrons. The highest BCUT2D eigenvalue weighted by Crippen LogP contribution is 2.35. The van der Waals surface area contributed by atoms with E-state index >= 15 is 0 Å². The molecule has 0 bridgehead atoms. The Kier molecular flexibility index (Phi) is 4.35. The van der Waals surface area contributed by atoms with Crippen molar-refractivity contribution < 1.29 is 0 Å². The fraction of sp³-hybridized carbons (Fsp3) is 0.875. The lowest BCUT2D eigenvalue weighted by molar-refractivity contribution is 0.0379.